The quantitative estimate of drug-likeness (QED) is 0.165. The van der Waals surface area contributed by atoms with Crippen molar-refractivity contribution in [1.29, 1.82) is 0 Å². The highest BCUT2D eigenvalue weighted by Gasteiger charge is 2.31. The molecule has 8 aromatic carbocycles. The Balaban J connectivity index is 1.07. The van der Waals surface area contributed by atoms with Crippen LogP contribution in [0, 0.1) is 0 Å². The number of fused-ring (bicyclic) bond motifs is 8. The standard InChI is InChI=1S/C49H30N4S2/c1-5-18-40-33(13-1)36-17-9-11-31-12-10-20-42(47(31)36)53(40)41-19-6-2-16-37(41)49-50-48(32-24-26-46-39(28-32)35-15-4-8-22-44(35)55-46)51-52(49)29-30-23-25-45-38(27-30)34-14-3-7-21-43(34)54-45/h1-28H,29H2. The third-order valence-electron chi connectivity index (χ3n) is 11.0. The molecule has 0 N–H and O–H groups in total. The molecule has 3 aromatic heterocycles. The third kappa shape index (κ3) is 4.75. The highest BCUT2D eigenvalue weighted by molar-refractivity contribution is 7.26. The fourth-order valence-corrected chi connectivity index (χ4v) is 10.7. The summed E-state index contributed by atoms with van der Waals surface area (Å²) in [5, 5.41) is 12.9. The Kier molecular flexibility index (Phi) is 6.70. The maximum absolute atomic E-state index is 5.46. The highest BCUT2D eigenvalue weighted by Crippen LogP contribution is 2.52. The number of nitrogens with zero attached hydrogens (tertiary/aromatic N) is 4. The summed E-state index contributed by atoms with van der Waals surface area (Å²) in [6.45, 7) is 0.579. The number of hydrogen-bond acceptors (Lipinski definition) is 4. The molecule has 0 aliphatic carbocycles. The maximum atomic E-state index is 5.46. The first-order valence-electron chi connectivity index (χ1n) is 18.5. The molecule has 0 unspecified atom stereocenters. The van der Waals surface area contributed by atoms with Crippen LogP contribution in [0.2, 0.25) is 0 Å². The van der Waals surface area contributed by atoms with Crippen molar-refractivity contribution in [2.24, 2.45) is 0 Å². The second-order valence-corrected chi connectivity index (χ2v) is 16.4. The number of benzene rings is 8. The first-order chi connectivity index (χ1) is 27.2. The van der Waals surface area contributed by atoms with Gasteiger partial charge in [-0.25, -0.2) is 9.78 Å². The molecule has 6 heteroatoms. The van der Waals surface area contributed by atoms with Gasteiger partial charge in [0, 0.05) is 56.9 Å². The van der Waals surface area contributed by atoms with E-state index in [1.165, 1.54) is 67.8 Å². The minimum absolute atomic E-state index is 0.579. The summed E-state index contributed by atoms with van der Waals surface area (Å²) in [7, 11) is 0. The van der Waals surface area contributed by atoms with E-state index in [9.17, 15) is 0 Å². The molecule has 11 aromatic rings. The Morgan fingerprint density at radius 3 is 1.85 bits per heavy atom. The molecule has 0 atom stereocenters. The molecule has 1 aliphatic heterocycles. The zero-order valence-corrected chi connectivity index (χ0v) is 31.1. The molecule has 258 valence electrons. The SMILES string of the molecule is c1ccc2c(c1)-c1cccc3cccc(c13)N2c1ccccc1-c1nc(-c2ccc3sc4ccccc4c3c2)[n-][n+]1Cc1ccc2sc3ccccc3c2c1. The molecule has 4 nitrogen and oxygen atoms in total. The largest absolute Gasteiger partial charge is 0.336 e. The van der Waals surface area contributed by atoms with E-state index in [1.807, 2.05) is 22.7 Å². The zero-order chi connectivity index (χ0) is 36.0. The van der Waals surface area contributed by atoms with Crippen molar-refractivity contribution >= 4 is 90.9 Å². The minimum Gasteiger partial charge on any atom is -0.308 e. The number of anilines is 3. The van der Waals surface area contributed by atoms with E-state index in [0.717, 1.165) is 39.8 Å². The summed E-state index contributed by atoms with van der Waals surface area (Å²) >= 11 is 3.68. The number of rotatable bonds is 5. The van der Waals surface area contributed by atoms with Gasteiger partial charge < -0.3 is 4.90 Å². The average Bonchev–Trinajstić information content (AvgIpc) is 3.94. The Bertz CT molecular complexity index is 3330. The molecular formula is C49H30N4S2. The molecule has 12 rings (SSSR count). The van der Waals surface area contributed by atoms with Crippen LogP contribution < -0.4 is 14.7 Å². The smallest absolute Gasteiger partial charge is 0.308 e. The van der Waals surface area contributed by atoms with Crippen LogP contribution in [0.25, 0.3) is 85.0 Å². The Labute approximate surface area is 324 Å². The van der Waals surface area contributed by atoms with Crippen molar-refractivity contribution in [2.75, 3.05) is 4.90 Å². The van der Waals surface area contributed by atoms with E-state index >= 15 is 0 Å². The summed E-state index contributed by atoms with van der Waals surface area (Å²) in [4.78, 5) is 7.88. The number of hydrogen-bond donors (Lipinski definition) is 0. The Morgan fingerprint density at radius 1 is 0.491 bits per heavy atom. The molecule has 1 aliphatic rings. The van der Waals surface area contributed by atoms with Gasteiger partial charge in [-0.05, 0) is 88.2 Å². The van der Waals surface area contributed by atoms with Crippen molar-refractivity contribution in [1.82, 2.24) is 10.1 Å². The van der Waals surface area contributed by atoms with E-state index in [1.54, 1.807) is 0 Å². The summed E-state index contributed by atoms with van der Waals surface area (Å²) in [5.41, 5.74) is 9.08. The van der Waals surface area contributed by atoms with Crippen molar-refractivity contribution in [3.8, 4) is 33.9 Å². The van der Waals surface area contributed by atoms with E-state index in [4.69, 9.17) is 10.1 Å². The highest BCUT2D eigenvalue weighted by atomic mass is 32.1. The van der Waals surface area contributed by atoms with Gasteiger partial charge in [-0.2, -0.15) is 0 Å². The van der Waals surface area contributed by atoms with Crippen molar-refractivity contribution in [3.05, 3.63) is 175 Å². The number of thiophene rings is 2. The Morgan fingerprint density at radius 2 is 1.07 bits per heavy atom. The van der Waals surface area contributed by atoms with Gasteiger partial charge in [0.25, 0.3) is 0 Å². The lowest BCUT2D eigenvalue weighted by molar-refractivity contribution is -0.737. The predicted octanol–water partition coefficient (Wildman–Crippen LogP) is 13.0. The lowest BCUT2D eigenvalue weighted by Crippen LogP contribution is -2.40. The number of aromatic nitrogens is 3. The molecule has 0 saturated carbocycles. The maximum Gasteiger partial charge on any atom is 0.336 e. The summed E-state index contributed by atoms with van der Waals surface area (Å²) in [6, 6.07) is 61.5. The zero-order valence-electron chi connectivity index (χ0n) is 29.5. The molecule has 0 bridgehead atoms. The van der Waals surface area contributed by atoms with Crippen LogP contribution in [-0.4, -0.2) is 4.98 Å². The fourth-order valence-electron chi connectivity index (χ4n) is 8.56. The topological polar surface area (TPSA) is 34.1 Å². The molecule has 0 amide bonds. The second-order valence-electron chi connectivity index (χ2n) is 14.2. The van der Waals surface area contributed by atoms with Crippen LogP contribution >= 0.6 is 22.7 Å². The molecule has 0 spiro atoms. The summed E-state index contributed by atoms with van der Waals surface area (Å²) in [6.07, 6.45) is 0. The van der Waals surface area contributed by atoms with E-state index in [2.05, 4.69) is 179 Å². The predicted molar refractivity (Wildman–Crippen MR) is 231 cm³/mol. The molecular weight excluding hydrogens is 709 g/mol. The molecule has 0 radical (unpaired) electrons. The van der Waals surface area contributed by atoms with Crippen LogP contribution in [0.5, 0.6) is 0 Å². The van der Waals surface area contributed by atoms with Gasteiger partial charge in [-0.1, -0.05) is 103 Å². The minimum atomic E-state index is 0.579. The first kappa shape index (κ1) is 30.8. The van der Waals surface area contributed by atoms with Crippen molar-refractivity contribution < 1.29 is 4.68 Å². The monoisotopic (exact) mass is 738 g/mol. The van der Waals surface area contributed by atoms with Gasteiger partial charge in [0.1, 0.15) is 6.54 Å². The van der Waals surface area contributed by atoms with Crippen LogP contribution in [-0.2, 0) is 6.54 Å². The van der Waals surface area contributed by atoms with Crippen LogP contribution in [0.15, 0.2) is 170 Å². The van der Waals surface area contributed by atoms with Crippen LogP contribution in [0.4, 0.5) is 17.1 Å². The van der Waals surface area contributed by atoms with Gasteiger partial charge in [-0.15, -0.1) is 22.7 Å². The van der Waals surface area contributed by atoms with E-state index in [-0.39, 0.29) is 0 Å². The number of para-hydroxylation sites is 2. The van der Waals surface area contributed by atoms with Gasteiger partial charge in [0.15, 0.2) is 0 Å². The normalized spacial score (nSPS) is 12.4. The van der Waals surface area contributed by atoms with Gasteiger partial charge in [-0.3, -0.25) is 0 Å². The van der Waals surface area contributed by atoms with Gasteiger partial charge >= 0.3 is 5.82 Å². The third-order valence-corrected chi connectivity index (χ3v) is 13.3. The van der Waals surface area contributed by atoms with Gasteiger partial charge in [0.2, 0.25) is 5.82 Å². The Hall–Kier alpha value is -6.60. The van der Waals surface area contributed by atoms with Gasteiger partial charge in [0.05, 0.1) is 22.6 Å². The van der Waals surface area contributed by atoms with E-state index < -0.39 is 0 Å². The molecule has 0 fully saturated rings. The molecule has 0 saturated heterocycles. The van der Waals surface area contributed by atoms with Crippen molar-refractivity contribution in [2.45, 2.75) is 6.54 Å². The van der Waals surface area contributed by atoms with Crippen molar-refractivity contribution in [3.63, 3.8) is 0 Å². The molecule has 55 heavy (non-hydrogen) atoms. The second kappa shape index (κ2) is 12.0. The molecule has 4 heterocycles. The fraction of sp³-hybridized carbons (Fsp3) is 0.0204. The lowest BCUT2D eigenvalue weighted by atomic mass is 9.90. The van der Waals surface area contributed by atoms with E-state index in [0.29, 0.717) is 6.54 Å². The first-order valence-corrected chi connectivity index (χ1v) is 20.2. The average molecular weight is 739 g/mol. The lowest BCUT2D eigenvalue weighted by Gasteiger charge is -2.34. The van der Waals surface area contributed by atoms with Crippen LogP contribution in [0.1, 0.15) is 5.56 Å². The van der Waals surface area contributed by atoms with Crippen LogP contribution in [0.3, 0.4) is 0 Å². The summed E-state index contributed by atoms with van der Waals surface area (Å²) < 4.78 is 7.28. The summed E-state index contributed by atoms with van der Waals surface area (Å²) in [5.74, 6) is 1.55.